The van der Waals surface area contributed by atoms with Crippen molar-refractivity contribution >= 4 is 0 Å². The van der Waals surface area contributed by atoms with Crippen molar-refractivity contribution < 1.29 is 0 Å². The van der Waals surface area contributed by atoms with E-state index in [1.165, 1.54) is 16.8 Å². The van der Waals surface area contributed by atoms with Crippen LogP contribution in [0, 0.1) is 0 Å². The van der Waals surface area contributed by atoms with Crippen molar-refractivity contribution in [2.45, 2.75) is 38.3 Å². The molecule has 1 unspecified atom stereocenters. The van der Waals surface area contributed by atoms with Crippen LogP contribution in [0.3, 0.4) is 0 Å². The number of nitrogens with one attached hydrogen (secondary N) is 1. The molecule has 3 rings (SSSR count). The van der Waals surface area contributed by atoms with Crippen LogP contribution in [-0.4, -0.2) is 11.6 Å². The highest BCUT2D eigenvalue weighted by Crippen LogP contribution is 2.28. The van der Waals surface area contributed by atoms with Crippen molar-refractivity contribution in [3.63, 3.8) is 0 Å². The lowest BCUT2D eigenvalue weighted by atomic mass is 9.91. The third-order valence-electron chi connectivity index (χ3n) is 4.43. The first-order valence-electron chi connectivity index (χ1n) is 7.73. The standard InChI is InChI=1S/C18H22N2O/c1-19-16-8-5-9-17-15(16)10-11-18(21)20(17)13-12-14-6-3-2-4-7-14/h2-4,6-7,10-11,16,19H,5,8-9,12-13H2,1H3. The molecule has 3 heteroatoms. The van der Waals surface area contributed by atoms with E-state index in [4.69, 9.17) is 0 Å². The van der Waals surface area contributed by atoms with Crippen molar-refractivity contribution in [1.29, 1.82) is 0 Å². The lowest BCUT2D eigenvalue weighted by molar-refractivity contribution is 0.467. The van der Waals surface area contributed by atoms with Gasteiger partial charge < -0.3 is 9.88 Å². The number of rotatable bonds is 4. The van der Waals surface area contributed by atoms with E-state index in [1.807, 2.05) is 23.7 Å². The van der Waals surface area contributed by atoms with Gasteiger partial charge in [-0.2, -0.15) is 0 Å². The zero-order valence-electron chi connectivity index (χ0n) is 12.5. The number of fused-ring (bicyclic) bond motifs is 1. The van der Waals surface area contributed by atoms with Crippen LogP contribution in [0.25, 0.3) is 0 Å². The average molecular weight is 282 g/mol. The van der Waals surface area contributed by atoms with Gasteiger partial charge in [0.15, 0.2) is 0 Å². The first-order valence-corrected chi connectivity index (χ1v) is 7.73. The van der Waals surface area contributed by atoms with E-state index < -0.39 is 0 Å². The van der Waals surface area contributed by atoms with E-state index in [2.05, 4.69) is 29.6 Å². The van der Waals surface area contributed by atoms with E-state index in [0.717, 1.165) is 32.2 Å². The molecule has 1 heterocycles. The summed E-state index contributed by atoms with van der Waals surface area (Å²) < 4.78 is 1.98. The molecule has 1 N–H and O–H groups in total. The van der Waals surface area contributed by atoms with Gasteiger partial charge in [0.05, 0.1) is 0 Å². The van der Waals surface area contributed by atoms with Crippen LogP contribution >= 0.6 is 0 Å². The van der Waals surface area contributed by atoms with Gasteiger partial charge in [0.25, 0.3) is 5.56 Å². The van der Waals surface area contributed by atoms with Crippen molar-refractivity contribution in [1.82, 2.24) is 9.88 Å². The summed E-state index contributed by atoms with van der Waals surface area (Å²) in [4.78, 5) is 12.2. The maximum Gasteiger partial charge on any atom is 0.250 e. The molecule has 0 radical (unpaired) electrons. The minimum absolute atomic E-state index is 0.126. The molecule has 1 atom stereocenters. The highest BCUT2D eigenvalue weighted by atomic mass is 16.1. The molecule has 0 bridgehead atoms. The fraction of sp³-hybridized carbons (Fsp3) is 0.389. The minimum atomic E-state index is 0.126. The number of hydrogen-bond donors (Lipinski definition) is 1. The second-order valence-electron chi connectivity index (χ2n) is 5.69. The topological polar surface area (TPSA) is 34.0 Å². The molecule has 1 aliphatic carbocycles. The molecule has 0 aliphatic heterocycles. The summed E-state index contributed by atoms with van der Waals surface area (Å²) in [6.45, 7) is 0.766. The number of pyridine rings is 1. The zero-order valence-corrected chi connectivity index (χ0v) is 12.5. The predicted octanol–water partition coefficient (Wildman–Crippen LogP) is 2.69. The first kappa shape index (κ1) is 14.1. The highest BCUT2D eigenvalue weighted by Gasteiger charge is 2.21. The summed E-state index contributed by atoms with van der Waals surface area (Å²) in [6, 6.07) is 14.5. The van der Waals surface area contributed by atoms with Crippen molar-refractivity contribution in [2.75, 3.05) is 7.05 Å². The molecular formula is C18H22N2O. The van der Waals surface area contributed by atoms with Gasteiger partial charge in [0.1, 0.15) is 0 Å². The molecule has 1 aromatic heterocycles. The van der Waals surface area contributed by atoms with Crippen molar-refractivity contribution in [3.8, 4) is 0 Å². The number of nitrogens with zero attached hydrogens (tertiary/aromatic N) is 1. The smallest absolute Gasteiger partial charge is 0.250 e. The maximum absolute atomic E-state index is 12.2. The van der Waals surface area contributed by atoms with Crippen LogP contribution < -0.4 is 10.9 Å². The number of benzene rings is 1. The quantitative estimate of drug-likeness (QED) is 0.935. The molecule has 3 nitrogen and oxygen atoms in total. The SMILES string of the molecule is CNC1CCCc2c1ccc(=O)n2CCc1ccccc1. The summed E-state index contributed by atoms with van der Waals surface area (Å²) in [5.74, 6) is 0. The van der Waals surface area contributed by atoms with Gasteiger partial charge in [-0.3, -0.25) is 4.79 Å². The Morgan fingerprint density at radius 1 is 1.19 bits per heavy atom. The fourth-order valence-corrected chi connectivity index (χ4v) is 3.29. The summed E-state index contributed by atoms with van der Waals surface area (Å²) in [5, 5.41) is 3.37. The van der Waals surface area contributed by atoms with E-state index in [-0.39, 0.29) is 5.56 Å². The van der Waals surface area contributed by atoms with E-state index in [1.54, 1.807) is 6.07 Å². The number of hydrogen-bond acceptors (Lipinski definition) is 2. The monoisotopic (exact) mass is 282 g/mol. The van der Waals surface area contributed by atoms with Crippen molar-refractivity contribution in [2.24, 2.45) is 0 Å². The van der Waals surface area contributed by atoms with Gasteiger partial charge in [0.2, 0.25) is 0 Å². The molecule has 2 aromatic rings. The molecule has 110 valence electrons. The third kappa shape index (κ3) is 2.93. The Bertz CT molecular complexity index is 661. The third-order valence-corrected chi connectivity index (χ3v) is 4.43. The van der Waals surface area contributed by atoms with Gasteiger partial charge in [-0.05, 0) is 43.9 Å². The van der Waals surface area contributed by atoms with E-state index >= 15 is 0 Å². The van der Waals surface area contributed by atoms with E-state index in [0.29, 0.717) is 6.04 Å². The Kier molecular flexibility index (Phi) is 4.20. The Hall–Kier alpha value is -1.87. The maximum atomic E-state index is 12.2. The molecule has 1 aliphatic rings. The summed E-state index contributed by atoms with van der Waals surface area (Å²) >= 11 is 0. The average Bonchev–Trinajstić information content (AvgIpc) is 2.54. The summed E-state index contributed by atoms with van der Waals surface area (Å²) in [7, 11) is 2.00. The minimum Gasteiger partial charge on any atom is -0.313 e. The molecule has 0 saturated heterocycles. The Morgan fingerprint density at radius 2 is 2.00 bits per heavy atom. The Labute approximate surface area is 125 Å². The molecular weight excluding hydrogens is 260 g/mol. The molecule has 0 fully saturated rings. The Balaban J connectivity index is 1.89. The van der Waals surface area contributed by atoms with Crippen LogP contribution in [0.15, 0.2) is 47.3 Å². The fourth-order valence-electron chi connectivity index (χ4n) is 3.29. The van der Waals surface area contributed by atoms with Gasteiger partial charge in [-0.25, -0.2) is 0 Å². The molecule has 0 amide bonds. The van der Waals surface area contributed by atoms with Crippen molar-refractivity contribution in [3.05, 3.63) is 69.6 Å². The van der Waals surface area contributed by atoms with Gasteiger partial charge in [-0.15, -0.1) is 0 Å². The van der Waals surface area contributed by atoms with Crippen LogP contribution in [0.1, 0.15) is 35.7 Å². The van der Waals surface area contributed by atoms with Crippen LogP contribution in [0.2, 0.25) is 0 Å². The number of aryl methyl sites for hydroxylation is 1. The summed E-state index contributed by atoms with van der Waals surface area (Å²) in [6.07, 6.45) is 4.22. The lowest BCUT2D eigenvalue weighted by Crippen LogP contribution is -2.31. The highest BCUT2D eigenvalue weighted by molar-refractivity contribution is 5.28. The molecule has 21 heavy (non-hydrogen) atoms. The normalized spacial score (nSPS) is 17.5. The molecule has 0 saturated carbocycles. The van der Waals surface area contributed by atoms with Crippen LogP contribution in [0.4, 0.5) is 0 Å². The molecule has 0 spiro atoms. The van der Waals surface area contributed by atoms with E-state index in [9.17, 15) is 4.79 Å². The zero-order chi connectivity index (χ0) is 14.7. The summed E-state index contributed by atoms with van der Waals surface area (Å²) in [5.41, 5.74) is 3.94. The number of aromatic nitrogens is 1. The van der Waals surface area contributed by atoms with Gasteiger partial charge >= 0.3 is 0 Å². The first-order chi connectivity index (χ1) is 10.3. The van der Waals surface area contributed by atoms with Crippen LogP contribution in [0.5, 0.6) is 0 Å². The van der Waals surface area contributed by atoms with Crippen LogP contribution in [-0.2, 0) is 19.4 Å². The van der Waals surface area contributed by atoms with Gasteiger partial charge in [-0.1, -0.05) is 36.4 Å². The largest absolute Gasteiger partial charge is 0.313 e. The van der Waals surface area contributed by atoms with Gasteiger partial charge in [0, 0.05) is 24.3 Å². The lowest BCUT2D eigenvalue weighted by Gasteiger charge is -2.27. The Morgan fingerprint density at radius 3 is 2.76 bits per heavy atom. The predicted molar refractivity (Wildman–Crippen MR) is 85.6 cm³/mol. The molecule has 1 aromatic carbocycles. The second kappa shape index (κ2) is 6.27. The second-order valence-corrected chi connectivity index (χ2v) is 5.69.